The van der Waals surface area contributed by atoms with Crippen molar-refractivity contribution in [3.05, 3.63) is 35.4 Å². The van der Waals surface area contributed by atoms with Gasteiger partial charge in [-0.3, -0.25) is 4.90 Å². The van der Waals surface area contributed by atoms with Crippen molar-refractivity contribution < 1.29 is 0 Å². The summed E-state index contributed by atoms with van der Waals surface area (Å²) in [6.07, 6.45) is 3.91. The lowest BCUT2D eigenvalue weighted by Crippen LogP contribution is -2.38. The lowest BCUT2D eigenvalue weighted by molar-refractivity contribution is 0.209. The number of rotatable bonds is 7. The van der Waals surface area contributed by atoms with Crippen LogP contribution < -0.4 is 5.32 Å². The molecule has 0 aliphatic carbocycles. The van der Waals surface area contributed by atoms with Crippen LogP contribution in [-0.4, -0.2) is 31.1 Å². The second-order valence-electron chi connectivity index (χ2n) is 6.95. The molecule has 2 nitrogen and oxygen atoms in total. The summed E-state index contributed by atoms with van der Waals surface area (Å²) in [6, 6.07) is 9.26. The first-order valence-corrected chi connectivity index (χ1v) is 8.68. The fraction of sp³-hybridized carbons (Fsp3) is 0.684. The molecule has 21 heavy (non-hydrogen) atoms. The van der Waals surface area contributed by atoms with Gasteiger partial charge in [-0.15, -0.1) is 0 Å². The zero-order valence-electron chi connectivity index (χ0n) is 14.1. The van der Waals surface area contributed by atoms with Gasteiger partial charge in [0, 0.05) is 13.1 Å². The first-order valence-electron chi connectivity index (χ1n) is 8.68. The molecule has 1 atom stereocenters. The highest BCUT2D eigenvalue weighted by Crippen LogP contribution is 2.15. The van der Waals surface area contributed by atoms with Gasteiger partial charge in [0.2, 0.25) is 0 Å². The summed E-state index contributed by atoms with van der Waals surface area (Å²) in [5, 5.41) is 3.53. The van der Waals surface area contributed by atoms with E-state index in [1.165, 1.54) is 50.0 Å². The number of benzene rings is 1. The van der Waals surface area contributed by atoms with Gasteiger partial charge >= 0.3 is 0 Å². The largest absolute Gasteiger partial charge is 0.316 e. The minimum Gasteiger partial charge on any atom is -0.316 e. The van der Waals surface area contributed by atoms with Crippen LogP contribution in [0.4, 0.5) is 0 Å². The van der Waals surface area contributed by atoms with Crippen molar-refractivity contribution in [3.8, 4) is 0 Å². The van der Waals surface area contributed by atoms with E-state index in [9.17, 15) is 0 Å². The molecule has 1 saturated heterocycles. The minimum absolute atomic E-state index is 0.738. The average Bonchev–Trinajstić information content (AvgIpc) is 2.49. The average molecular weight is 288 g/mol. The Morgan fingerprint density at radius 1 is 1.19 bits per heavy atom. The van der Waals surface area contributed by atoms with Gasteiger partial charge in [0.25, 0.3) is 0 Å². The molecule has 118 valence electrons. The predicted octanol–water partition coefficient (Wildman–Crippen LogP) is 3.71. The fourth-order valence-corrected chi connectivity index (χ4v) is 3.26. The molecule has 2 rings (SSSR count). The van der Waals surface area contributed by atoms with E-state index < -0.39 is 0 Å². The molecule has 0 spiro atoms. The van der Waals surface area contributed by atoms with Crippen LogP contribution in [-0.2, 0) is 13.0 Å². The van der Waals surface area contributed by atoms with E-state index in [4.69, 9.17) is 0 Å². The van der Waals surface area contributed by atoms with Gasteiger partial charge in [0.05, 0.1) is 0 Å². The number of hydrogen-bond acceptors (Lipinski definition) is 2. The Hall–Kier alpha value is -0.860. The molecule has 0 saturated carbocycles. The Labute approximate surface area is 130 Å². The lowest BCUT2D eigenvalue weighted by atomic mass is 9.98. The Morgan fingerprint density at radius 3 is 2.48 bits per heavy atom. The quantitative estimate of drug-likeness (QED) is 0.823. The van der Waals surface area contributed by atoms with E-state index >= 15 is 0 Å². The van der Waals surface area contributed by atoms with Gasteiger partial charge in [0.1, 0.15) is 0 Å². The molecule has 0 aromatic heterocycles. The van der Waals surface area contributed by atoms with E-state index in [1.54, 1.807) is 0 Å². The van der Waals surface area contributed by atoms with Crippen molar-refractivity contribution in [2.24, 2.45) is 11.8 Å². The molecule has 1 unspecified atom stereocenters. The first-order chi connectivity index (χ1) is 10.2. The third-order valence-corrected chi connectivity index (χ3v) is 4.44. The summed E-state index contributed by atoms with van der Waals surface area (Å²) in [5.41, 5.74) is 2.92. The zero-order valence-corrected chi connectivity index (χ0v) is 14.1. The van der Waals surface area contributed by atoms with Crippen molar-refractivity contribution in [1.82, 2.24) is 10.2 Å². The fourth-order valence-electron chi connectivity index (χ4n) is 3.26. The molecule has 2 heteroatoms. The third kappa shape index (κ3) is 5.80. The summed E-state index contributed by atoms with van der Waals surface area (Å²) in [5.74, 6) is 1.57. The van der Waals surface area contributed by atoms with E-state index in [2.05, 4.69) is 55.3 Å². The van der Waals surface area contributed by atoms with Gasteiger partial charge in [-0.2, -0.15) is 0 Å². The smallest absolute Gasteiger partial charge is 0.0233 e. The van der Waals surface area contributed by atoms with Crippen molar-refractivity contribution in [3.63, 3.8) is 0 Å². The summed E-state index contributed by atoms with van der Waals surface area (Å²) >= 11 is 0. The molecule has 1 aromatic carbocycles. The van der Waals surface area contributed by atoms with Crippen LogP contribution in [0.2, 0.25) is 0 Å². The van der Waals surface area contributed by atoms with Gasteiger partial charge in [-0.1, -0.05) is 45.0 Å². The molecule has 1 fully saturated rings. The van der Waals surface area contributed by atoms with Crippen LogP contribution in [0.15, 0.2) is 24.3 Å². The highest BCUT2D eigenvalue weighted by Gasteiger charge is 2.16. The third-order valence-electron chi connectivity index (χ3n) is 4.44. The van der Waals surface area contributed by atoms with Crippen molar-refractivity contribution in [1.29, 1.82) is 0 Å². The summed E-state index contributed by atoms with van der Waals surface area (Å²) in [6.45, 7) is 12.7. The molecule has 0 amide bonds. The van der Waals surface area contributed by atoms with Crippen LogP contribution in [0.25, 0.3) is 0 Å². The van der Waals surface area contributed by atoms with Gasteiger partial charge in [-0.05, 0) is 61.9 Å². The minimum atomic E-state index is 0.738. The van der Waals surface area contributed by atoms with Gasteiger partial charge in [0.15, 0.2) is 0 Å². The lowest BCUT2D eigenvalue weighted by Gasteiger charge is -2.29. The molecule has 1 aromatic rings. The van der Waals surface area contributed by atoms with Crippen molar-refractivity contribution >= 4 is 0 Å². The summed E-state index contributed by atoms with van der Waals surface area (Å²) < 4.78 is 0. The second-order valence-corrected chi connectivity index (χ2v) is 6.95. The maximum atomic E-state index is 3.53. The normalized spacial score (nSPS) is 19.4. The molecular formula is C19H32N2. The Kier molecular flexibility index (Phi) is 6.72. The number of hydrogen-bond donors (Lipinski definition) is 1. The summed E-state index contributed by atoms with van der Waals surface area (Å²) in [4.78, 5) is 2.59. The Bertz CT molecular complexity index is 391. The van der Waals surface area contributed by atoms with Crippen LogP contribution >= 0.6 is 0 Å². The van der Waals surface area contributed by atoms with Crippen LogP contribution in [0.3, 0.4) is 0 Å². The van der Waals surface area contributed by atoms with E-state index in [0.717, 1.165) is 24.9 Å². The predicted molar refractivity (Wildman–Crippen MR) is 91.5 cm³/mol. The zero-order chi connectivity index (χ0) is 15.1. The Balaban J connectivity index is 1.85. The summed E-state index contributed by atoms with van der Waals surface area (Å²) in [7, 11) is 0. The molecule has 0 bridgehead atoms. The van der Waals surface area contributed by atoms with Gasteiger partial charge < -0.3 is 5.32 Å². The number of nitrogens with one attached hydrogen (secondary N) is 1. The number of nitrogens with zero attached hydrogens (tertiary/aromatic N) is 1. The van der Waals surface area contributed by atoms with Crippen LogP contribution in [0.1, 0.15) is 44.7 Å². The molecule has 0 radical (unpaired) electrons. The molecular weight excluding hydrogens is 256 g/mol. The van der Waals surface area contributed by atoms with Crippen LogP contribution in [0, 0.1) is 11.8 Å². The highest BCUT2D eigenvalue weighted by atomic mass is 15.1. The van der Waals surface area contributed by atoms with E-state index in [1.807, 2.05) is 0 Å². The first kappa shape index (κ1) is 16.5. The van der Waals surface area contributed by atoms with Crippen molar-refractivity contribution in [2.75, 3.05) is 26.2 Å². The Morgan fingerprint density at radius 2 is 1.90 bits per heavy atom. The maximum Gasteiger partial charge on any atom is 0.0233 e. The molecule has 1 N–H and O–H groups in total. The van der Waals surface area contributed by atoms with E-state index in [0.29, 0.717) is 0 Å². The standard InChI is InChI=1S/C19H32N2/c1-4-21(15-19-6-5-11-20-13-19)14-18-9-7-17(8-10-18)12-16(2)3/h7-10,16,19-20H,4-6,11-15H2,1-3H3. The number of piperidine rings is 1. The molecule has 1 aliphatic heterocycles. The van der Waals surface area contributed by atoms with Crippen molar-refractivity contribution in [2.45, 2.75) is 46.6 Å². The topological polar surface area (TPSA) is 15.3 Å². The second kappa shape index (κ2) is 8.55. The molecule has 1 heterocycles. The maximum absolute atomic E-state index is 3.53. The highest BCUT2D eigenvalue weighted by molar-refractivity contribution is 5.22. The monoisotopic (exact) mass is 288 g/mol. The van der Waals surface area contributed by atoms with Gasteiger partial charge in [-0.25, -0.2) is 0 Å². The van der Waals surface area contributed by atoms with E-state index in [-0.39, 0.29) is 0 Å². The SMILES string of the molecule is CCN(Cc1ccc(CC(C)C)cc1)CC1CCCNC1. The molecule has 1 aliphatic rings. The van der Waals surface area contributed by atoms with Crippen LogP contribution in [0.5, 0.6) is 0 Å².